The summed E-state index contributed by atoms with van der Waals surface area (Å²) in [7, 11) is 0. The largest absolute Gasteiger partial charge is 0.417 e. The van der Waals surface area contributed by atoms with Crippen LogP contribution in [0.15, 0.2) is 18.6 Å². The van der Waals surface area contributed by atoms with Gasteiger partial charge in [0.05, 0.1) is 15.5 Å². The average molecular weight is 335 g/mol. The van der Waals surface area contributed by atoms with Gasteiger partial charge in [-0.2, -0.15) is 13.2 Å². The minimum Gasteiger partial charge on any atom is -0.378 e. The summed E-state index contributed by atoms with van der Waals surface area (Å²) in [6.45, 7) is 0. The number of nitrogens with zero attached hydrogens (tertiary/aromatic N) is 4. The molecule has 3 N–H and O–H groups in total. The Labute approximate surface area is 125 Å². The van der Waals surface area contributed by atoms with Crippen LogP contribution < -0.4 is 11.1 Å². The quantitative estimate of drug-likeness (QED) is 0.654. The lowest BCUT2D eigenvalue weighted by molar-refractivity contribution is -0.383. The Kier molecular flexibility index (Phi) is 3.99. The van der Waals surface area contributed by atoms with Crippen molar-refractivity contribution in [3.8, 4) is 0 Å². The van der Waals surface area contributed by atoms with Crippen LogP contribution in [0.4, 0.5) is 36.3 Å². The average Bonchev–Trinajstić information content (AvgIpc) is 2.39. The predicted octanol–water partition coefficient (Wildman–Crippen LogP) is 2.78. The number of nitrogens with two attached hydrogens (primary N) is 1. The van der Waals surface area contributed by atoms with Gasteiger partial charge in [-0.25, -0.2) is 15.0 Å². The fraction of sp³-hybridized carbons (Fsp3) is 0.100. The molecule has 0 bridgehead atoms. The molecule has 0 saturated carbocycles. The first-order valence-corrected chi connectivity index (χ1v) is 5.82. The van der Waals surface area contributed by atoms with Crippen molar-refractivity contribution in [1.82, 2.24) is 15.0 Å². The summed E-state index contributed by atoms with van der Waals surface area (Å²) in [6, 6.07) is 0.632. The number of nitrogen functional groups attached to an aromatic ring is 1. The van der Waals surface area contributed by atoms with Crippen molar-refractivity contribution in [2.75, 3.05) is 11.1 Å². The molecule has 0 aromatic carbocycles. The summed E-state index contributed by atoms with van der Waals surface area (Å²) in [5.41, 5.74) is 3.67. The normalized spacial score (nSPS) is 11.3. The van der Waals surface area contributed by atoms with E-state index in [1.54, 1.807) is 0 Å². The van der Waals surface area contributed by atoms with Gasteiger partial charge in [0.1, 0.15) is 6.33 Å². The minimum atomic E-state index is -4.61. The standard InChI is InChI=1S/C10H6ClF3N6O2/c11-5-1-4(10(12,13)14)2-16-8(5)19-9-6(20(21)22)7(15)17-3-18-9/h1-3H,(H3,15,16,17,18,19). The van der Waals surface area contributed by atoms with E-state index in [1.165, 1.54) is 0 Å². The molecule has 12 heteroatoms. The number of nitro groups is 1. The van der Waals surface area contributed by atoms with E-state index < -0.39 is 28.2 Å². The highest BCUT2D eigenvalue weighted by Crippen LogP contribution is 2.34. The molecule has 0 fully saturated rings. The third-order valence-corrected chi connectivity index (χ3v) is 2.73. The summed E-state index contributed by atoms with van der Waals surface area (Å²) < 4.78 is 37.5. The van der Waals surface area contributed by atoms with Gasteiger partial charge in [0.25, 0.3) is 0 Å². The van der Waals surface area contributed by atoms with E-state index in [0.29, 0.717) is 12.3 Å². The van der Waals surface area contributed by atoms with Gasteiger partial charge < -0.3 is 11.1 Å². The van der Waals surface area contributed by atoms with Gasteiger partial charge >= 0.3 is 11.9 Å². The predicted molar refractivity (Wildman–Crippen MR) is 70.6 cm³/mol. The highest BCUT2D eigenvalue weighted by atomic mass is 35.5. The Morgan fingerprint density at radius 2 is 1.95 bits per heavy atom. The van der Waals surface area contributed by atoms with Crippen LogP contribution in [0.1, 0.15) is 5.56 Å². The van der Waals surface area contributed by atoms with Gasteiger partial charge in [0.15, 0.2) is 5.82 Å². The number of pyridine rings is 1. The molecule has 2 heterocycles. The first kappa shape index (κ1) is 15.7. The van der Waals surface area contributed by atoms with Crippen LogP contribution in [0.5, 0.6) is 0 Å². The van der Waals surface area contributed by atoms with Crippen LogP contribution >= 0.6 is 11.6 Å². The lowest BCUT2D eigenvalue weighted by Gasteiger charge is -2.10. The highest BCUT2D eigenvalue weighted by molar-refractivity contribution is 6.33. The molecule has 0 aliphatic carbocycles. The van der Waals surface area contributed by atoms with Crippen LogP contribution in [-0.2, 0) is 6.18 Å². The number of hydrogen-bond donors (Lipinski definition) is 2. The Bertz CT molecular complexity index is 739. The summed E-state index contributed by atoms with van der Waals surface area (Å²) in [5.74, 6) is -0.993. The number of nitrogens with one attached hydrogen (secondary N) is 1. The second-order valence-corrected chi connectivity index (χ2v) is 4.30. The van der Waals surface area contributed by atoms with Gasteiger partial charge in [-0.1, -0.05) is 11.6 Å². The molecule has 0 amide bonds. The molecule has 0 aliphatic heterocycles. The lowest BCUT2D eigenvalue weighted by atomic mass is 10.3. The Balaban J connectivity index is 2.41. The molecule has 116 valence electrons. The van der Waals surface area contributed by atoms with E-state index in [2.05, 4.69) is 20.3 Å². The molecule has 2 aromatic heterocycles. The zero-order valence-corrected chi connectivity index (χ0v) is 11.2. The topological polar surface area (TPSA) is 120 Å². The van der Waals surface area contributed by atoms with Gasteiger partial charge in [0, 0.05) is 6.20 Å². The molecule has 0 unspecified atom stereocenters. The Hall–Kier alpha value is -2.69. The molecular weight excluding hydrogens is 329 g/mol. The van der Waals surface area contributed by atoms with Crippen LogP contribution in [-0.4, -0.2) is 19.9 Å². The molecule has 8 nitrogen and oxygen atoms in total. The van der Waals surface area contributed by atoms with E-state index in [4.69, 9.17) is 17.3 Å². The van der Waals surface area contributed by atoms with Crippen LogP contribution in [0.2, 0.25) is 5.02 Å². The van der Waals surface area contributed by atoms with E-state index in [0.717, 1.165) is 6.33 Å². The van der Waals surface area contributed by atoms with E-state index >= 15 is 0 Å². The van der Waals surface area contributed by atoms with E-state index in [9.17, 15) is 23.3 Å². The number of alkyl halides is 3. The zero-order chi connectivity index (χ0) is 16.5. The molecule has 2 aromatic rings. The van der Waals surface area contributed by atoms with Crippen molar-refractivity contribution >= 4 is 34.7 Å². The van der Waals surface area contributed by atoms with Crippen LogP contribution in [0, 0.1) is 10.1 Å². The first-order valence-electron chi connectivity index (χ1n) is 5.44. The summed E-state index contributed by atoms with van der Waals surface area (Å²) >= 11 is 5.69. The van der Waals surface area contributed by atoms with E-state index in [-0.39, 0.29) is 16.7 Å². The van der Waals surface area contributed by atoms with Crippen molar-refractivity contribution in [2.45, 2.75) is 6.18 Å². The molecule has 22 heavy (non-hydrogen) atoms. The maximum absolute atomic E-state index is 12.5. The maximum atomic E-state index is 12.5. The molecule has 0 radical (unpaired) electrons. The van der Waals surface area contributed by atoms with Crippen LogP contribution in [0.25, 0.3) is 0 Å². The minimum absolute atomic E-state index is 0.240. The smallest absolute Gasteiger partial charge is 0.378 e. The van der Waals surface area contributed by atoms with E-state index in [1.807, 2.05) is 0 Å². The lowest BCUT2D eigenvalue weighted by Crippen LogP contribution is -2.08. The third kappa shape index (κ3) is 3.14. The van der Waals surface area contributed by atoms with Crippen molar-refractivity contribution in [3.63, 3.8) is 0 Å². The second-order valence-electron chi connectivity index (χ2n) is 3.89. The van der Waals surface area contributed by atoms with Crippen LogP contribution in [0.3, 0.4) is 0 Å². The molecule has 0 atom stereocenters. The molecule has 0 aliphatic rings. The van der Waals surface area contributed by atoms with Gasteiger partial charge in [0.2, 0.25) is 11.6 Å². The maximum Gasteiger partial charge on any atom is 0.417 e. The fourth-order valence-electron chi connectivity index (χ4n) is 1.46. The molecule has 2 rings (SSSR count). The summed E-state index contributed by atoms with van der Waals surface area (Å²) in [4.78, 5) is 20.6. The monoisotopic (exact) mass is 334 g/mol. The molecule has 0 spiro atoms. The number of halogens is 4. The third-order valence-electron chi connectivity index (χ3n) is 2.44. The SMILES string of the molecule is Nc1ncnc(Nc2ncc(C(F)(F)F)cc2Cl)c1[N+](=O)[O-]. The van der Waals surface area contributed by atoms with Gasteiger partial charge in [-0.3, -0.25) is 10.1 Å². The Morgan fingerprint density at radius 3 is 2.50 bits per heavy atom. The van der Waals surface area contributed by atoms with Crippen molar-refractivity contribution in [1.29, 1.82) is 0 Å². The van der Waals surface area contributed by atoms with Crippen molar-refractivity contribution in [3.05, 3.63) is 39.3 Å². The number of hydrogen-bond acceptors (Lipinski definition) is 7. The Morgan fingerprint density at radius 1 is 1.27 bits per heavy atom. The number of rotatable bonds is 3. The summed E-state index contributed by atoms with van der Waals surface area (Å²) in [5, 5.41) is 12.9. The fourth-order valence-corrected chi connectivity index (χ4v) is 1.67. The zero-order valence-electron chi connectivity index (χ0n) is 10.4. The van der Waals surface area contributed by atoms with Crippen molar-refractivity contribution < 1.29 is 18.1 Å². The highest BCUT2D eigenvalue weighted by Gasteiger charge is 2.32. The molecule has 0 saturated heterocycles. The second kappa shape index (κ2) is 5.60. The number of anilines is 3. The number of aromatic nitrogens is 3. The van der Waals surface area contributed by atoms with Gasteiger partial charge in [-0.05, 0) is 6.07 Å². The van der Waals surface area contributed by atoms with Crippen molar-refractivity contribution in [2.24, 2.45) is 0 Å². The van der Waals surface area contributed by atoms with Gasteiger partial charge in [-0.15, -0.1) is 0 Å². The first-order chi connectivity index (χ1) is 10.2. The molecular formula is C10H6ClF3N6O2. The summed E-state index contributed by atoms with van der Waals surface area (Å²) in [6.07, 6.45) is -3.13.